The lowest BCUT2D eigenvalue weighted by Gasteiger charge is -2.28. The summed E-state index contributed by atoms with van der Waals surface area (Å²) in [6, 6.07) is 19.1. The zero-order valence-corrected chi connectivity index (χ0v) is 16.2. The molecular formula is C16H15B10NO2. The number of rotatable bonds is 4. The van der Waals surface area contributed by atoms with Crippen molar-refractivity contribution in [2.45, 2.75) is 18.2 Å². The molecule has 13 heteroatoms. The highest BCUT2D eigenvalue weighted by Gasteiger charge is 2.26. The van der Waals surface area contributed by atoms with Gasteiger partial charge in [-0.1, -0.05) is 48.5 Å². The summed E-state index contributed by atoms with van der Waals surface area (Å²) in [6.07, 6.45) is 0.294. The van der Waals surface area contributed by atoms with Crippen LogP contribution in [0.1, 0.15) is 5.56 Å². The van der Waals surface area contributed by atoms with Gasteiger partial charge in [0.2, 0.25) is 0 Å². The number of carbonyl (C=O) groups is 1. The van der Waals surface area contributed by atoms with Crippen molar-refractivity contribution in [2.24, 2.45) is 0 Å². The van der Waals surface area contributed by atoms with E-state index in [1.807, 2.05) is 112 Å². The molecule has 0 bridgehead atoms. The van der Waals surface area contributed by atoms with Crippen molar-refractivity contribution >= 4 is 82.6 Å². The Morgan fingerprint density at radius 2 is 1.31 bits per heavy atom. The first-order chi connectivity index (χ1) is 14.3. The van der Waals surface area contributed by atoms with Crippen LogP contribution in [-0.2, 0) is 11.2 Å². The second-order valence-electron chi connectivity index (χ2n) is 6.64. The molecular weight excluding hydrogens is 346 g/mol. The Balaban J connectivity index is 1.68. The fourth-order valence-corrected chi connectivity index (χ4v) is 3.01. The molecule has 0 unspecified atom stereocenters. The van der Waals surface area contributed by atoms with Crippen LogP contribution in [0.25, 0.3) is 0 Å². The zero-order chi connectivity index (χ0) is 20.2. The van der Waals surface area contributed by atoms with Gasteiger partial charge in [-0.25, -0.2) is 4.79 Å². The van der Waals surface area contributed by atoms with E-state index in [-0.39, 0.29) is 5.82 Å². The van der Waals surface area contributed by atoms with Crippen molar-refractivity contribution in [2.75, 3.05) is 5.32 Å². The maximum absolute atomic E-state index is 12.5. The van der Waals surface area contributed by atoms with E-state index in [1.165, 1.54) is 5.56 Å². The second-order valence-corrected chi connectivity index (χ2v) is 6.64. The van der Waals surface area contributed by atoms with Gasteiger partial charge in [0.05, 0.1) is 13.2 Å². The number of nitrogens with one attached hydrogen (secondary N) is 1. The Kier molecular flexibility index (Phi) is 9.75. The first kappa shape index (κ1) is 22.1. The number of benzene rings is 2. The standard InChI is InChI=1S/C16H15B10NO2/c28-16(27-13-9-5-2-6-10-13)29-15-14(11-12-7-3-1-4-8-12)17-19-21-23-25-26-24-22-20-18-15/h1-10,14-15H,11H2,(H,27,28)/t14-,15-/m0/s1. The molecule has 29 heavy (non-hydrogen) atoms. The monoisotopic (exact) mass is 363 g/mol. The summed E-state index contributed by atoms with van der Waals surface area (Å²) >= 11 is 0. The molecule has 0 spiro atoms. The Morgan fingerprint density at radius 1 is 0.759 bits per heavy atom. The molecule has 1 saturated heterocycles. The molecule has 1 heterocycles. The van der Waals surface area contributed by atoms with E-state index in [2.05, 4.69) is 24.6 Å². The van der Waals surface area contributed by atoms with Crippen LogP contribution in [0.15, 0.2) is 60.7 Å². The third-order valence-corrected chi connectivity index (χ3v) is 4.44. The summed E-state index contributed by atoms with van der Waals surface area (Å²) in [5, 5.41) is 2.80. The molecule has 2 aromatic rings. The van der Waals surface area contributed by atoms with Gasteiger partial charge < -0.3 is 4.74 Å². The maximum atomic E-state index is 12.5. The summed E-state index contributed by atoms with van der Waals surface area (Å²) in [5.74, 6) is -0.00312. The van der Waals surface area contributed by atoms with Crippen molar-refractivity contribution in [3.8, 4) is 0 Å². The van der Waals surface area contributed by atoms with Gasteiger partial charge in [0.1, 0.15) is 7.17 Å². The van der Waals surface area contributed by atoms with Gasteiger partial charge in [0, 0.05) is 62.2 Å². The van der Waals surface area contributed by atoms with E-state index in [9.17, 15) is 4.79 Å². The third kappa shape index (κ3) is 8.32. The van der Waals surface area contributed by atoms with Gasteiger partial charge in [-0.05, 0) is 29.9 Å². The lowest BCUT2D eigenvalue weighted by Crippen LogP contribution is -2.43. The molecule has 1 N–H and O–H groups in total. The number of para-hydroxylation sites is 1. The minimum absolute atomic E-state index is 0.00312. The van der Waals surface area contributed by atoms with E-state index in [4.69, 9.17) is 4.74 Å². The largest absolute Gasteiger partial charge is 0.457 e. The molecule has 0 aromatic heterocycles. The van der Waals surface area contributed by atoms with E-state index in [1.54, 1.807) is 0 Å². The molecule has 3 rings (SSSR count). The Labute approximate surface area is 181 Å². The van der Waals surface area contributed by atoms with Crippen molar-refractivity contribution in [3.05, 3.63) is 66.2 Å². The van der Waals surface area contributed by atoms with Gasteiger partial charge >= 0.3 is 6.09 Å². The number of amides is 1. The average Bonchev–Trinajstić information content (AvgIpc) is 2.73. The fourth-order valence-electron chi connectivity index (χ4n) is 3.01. The summed E-state index contributed by atoms with van der Waals surface area (Å²) in [6.45, 7) is 0. The van der Waals surface area contributed by atoms with Gasteiger partial charge in [-0.15, -0.1) is 0 Å². The number of anilines is 1. The van der Waals surface area contributed by atoms with Crippen LogP contribution < -0.4 is 5.32 Å². The van der Waals surface area contributed by atoms with Crippen LogP contribution in [-0.4, -0.2) is 82.9 Å². The molecule has 126 valence electrons. The van der Waals surface area contributed by atoms with Crippen LogP contribution in [0.2, 0.25) is 5.82 Å². The average molecular weight is 361 g/mol. The number of hydrogen-bond donors (Lipinski definition) is 1. The highest BCUT2D eigenvalue weighted by molar-refractivity contribution is 7.69. The Hall–Kier alpha value is -1.64. The molecule has 1 aliphatic heterocycles. The molecule has 0 saturated carbocycles. The first-order valence-corrected chi connectivity index (χ1v) is 9.73. The molecule has 1 aliphatic rings. The predicted molar refractivity (Wildman–Crippen MR) is 132 cm³/mol. The van der Waals surface area contributed by atoms with Gasteiger partial charge in [0.15, 0.2) is 0 Å². The van der Waals surface area contributed by atoms with E-state index < -0.39 is 12.1 Å². The lowest BCUT2D eigenvalue weighted by molar-refractivity contribution is 0.143. The fraction of sp³-hybridized carbons (Fsp3) is 0.188. The topological polar surface area (TPSA) is 38.3 Å². The second kappa shape index (κ2) is 12.8. The van der Waals surface area contributed by atoms with Crippen molar-refractivity contribution < 1.29 is 9.53 Å². The summed E-state index contributed by atoms with van der Waals surface area (Å²) in [7, 11) is 19.7. The zero-order valence-electron chi connectivity index (χ0n) is 16.2. The van der Waals surface area contributed by atoms with Gasteiger partial charge in [-0.2, -0.15) is 0 Å². The van der Waals surface area contributed by atoms with Crippen molar-refractivity contribution in [3.63, 3.8) is 0 Å². The summed E-state index contributed by atoms with van der Waals surface area (Å²) in [5.41, 5.74) is 1.90. The van der Waals surface area contributed by atoms with Crippen LogP contribution in [0.4, 0.5) is 10.5 Å². The van der Waals surface area contributed by atoms with Gasteiger partial charge in [-0.3, -0.25) is 5.32 Å². The summed E-state index contributed by atoms with van der Waals surface area (Å²) < 4.78 is 5.82. The maximum Gasteiger partial charge on any atom is 0.411 e. The summed E-state index contributed by atoms with van der Waals surface area (Å²) in [4.78, 5) is 12.5. The SMILES string of the molecule is O=C(Nc1ccccc1)O[C@@H]1[B][B][B][B][B][B][B][B][B][B][C@H]1Cc1ccccc1. The molecule has 0 aliphatic carbocycles. The number of hydrogen-bond acceptors (Lipinski definition) is 2. The van der Waals surface area contributed by atoms with E-state index >= 15 is 0 Å². The van der Waals surface area contributed by atoms with Crippen LogP contribution in [0, 0.1) is 0 Å². The van der Waals surface area contributed by atoms with Gasteiger partial charge in [0.25, 0.3) is 0 Å². The molecule has 10 radical (unpaired) electrons. The quantitative estimate of drug-likeness (QED) is 0.772. The minimum atomic E-state index is -0.469. The van der Waals surface area contributed by atoms with Crippen molar-refractivity contribution in [1.82, 2.24) is 0 Å². The first-order valence-electron chi connectivity index (χ1n) is 9.73. The lowest BCUT2D eigenvalue weighted by atomic mass is 8.87. The Bertz CT molecular complexity index is 726. The Morgan fingerprint density at radius 3 is 1.97 bits per heavy atom. The highest BCUT2D eigenvalue weighted by Crippen LogP contribution is 2.20. The number of carbonyl (C=O) groups excluding carboxylic acids is 1. The molecule has 2 aromatic carbocycles. The smallest absolute Gasteiger partial charge is 0.411 e. The molecule has 1 amide bonds. The minimum Gasteiger partial charge on any atom is -0.457 e. The normalized spacial score (nSPS) is 18.6. The van der Waals surface area contributed by atoms with Crippen LogP contribution in [0.5, 0.6) is 0 Å². The highest BCUT2D eigenvalue weighted by atomic mass is 16.6. The predicted octanol–water partition coefficient (Wildman–Crippen LogP) is -0.117. The number of ether oxygens (including phenoxy) is 1. The van der Waals surface area contributed by atoms with Crippen LogP contribution >= 0.6 is 0 Å². The molecule has 2 atom stereocenters. The van der Waals surface area contributed by atoms with Crippen molar-refractivity contribution in [1.29, 1.82) is 0 Å². The van der Waals surface area contributed by atoms with Crippen LogP contribution in [0.3, 0.4) is 0 Å². The van der Waals surface area contributed by atoms with E-state index in [0.29, 0.717) is 5.69 Å². The molecule has 3 nitrogen and oxygen atoms in total. The molecule has 1 fully saturated rings. The third-order valence-electron chi connectivity index (χ3n) is 4.44. The van der Waals surface area contributed by atoms with E-state index in [0.717, 1.165) is 6.42 Å².